The maximum atomic E-state index is 13.3. The van der Waals surface area contributed by atoms with Crippen LogP contribution in [-0.4, -0.2) is 48.6 Å². The van der Waals surface area contributed by atoms with Crippen molar-refractivity contribution in [2.45, 2.75) is 20.4 Å². The monoisotopic (exact) mass is 359 g/mol. The maximum Gasteiger partial charge on any atom is 0.257 e. The standard InChI is InChI=1S/C19H25N3O2S/c1-15(2)12-22(13-16-5-11-25-14-16)19(23)17-4-3-6-20-18(17)21-7-9-24-10-8-21/h3-6,11,14-15H,7-10,12-13H2,1-2H3. The Hall–Kier alpha value is -1.92. The Morgan fingerprint density at radius 1 is 1.36 bits per heavy atom. The van der Waals surface area contributed by atoms with E-state index in [1.54, 1.807) is 17.5 Å². The van der Waals surface area contributed by atoms with Gasteiger partial charge in [-0.25, -0.2) is 4.98 Å². The fraction of sp³-hybridized carbons (Fsp3) is 0.474. The van der Waals surface area contributed by atoms with Crippen LogP contribution >= 0.6 is 11.3 Å². The zero-order valence-corrected chi connectivity index (χ0v) is 15.7. The zero-order chi connectivity index (χ0) is 17.6. The number of pyridine rings is 1. The molecule has 1 amide bonds. The minimum absolute atomic E-state index is 0.0505. The summed E-state index contributed by atoms with van der Waals surface area (Å²) in [6.45, 7) is 8.53. The average Bonchev–Trinajstić information content (AvgIpc) is 3.14. The van der Waals surface area contributed by atoms with Crippen LogP contribution in [0.5, 0.6) is 0 Å². The number of ether oxygens (including phenoxy) is 1. The molecule has 1 fully saturated rings. The fourth-order valence-corrected chi connectivity index (χ4v) is 3.68. The summed E-state index contributed by atoms with van der Waals surface area (Å²) >= 11 is 1.66. The van der Waals surface area contributed by atoms with Crippen LogP contribution in [0.2, 0.25) is 0 Å². The molecule has 1 aliphatic heterocycles. The number of anilines is 1. The van der Waals surface area contributed by atoms with Crippen LogP contribution in [0.4, 0.5) is 5.82 Å². The molecule has 0 atom stereocenters. The predicted octanol–water partition coefficient (Wildman–Crippen LogP) is 3.28. The Bertz CT molecular complexity index is 682. The Kier molecular flexibility index (Phi) is 6.04. The molecule has 25 heavy (non-hydrogen) atoms. The van der Waals surface area contributed by atoms with Crippen molar-refractivity contribution < 1.29 is 9.53 Å². The van der Waals surface area contributed by atoms with Gasteiger partial charge in [0.25, 0.3) is 5.91 Å². The first kappa shape index (κ1) is 17.9. The second-order valence-electron chi connectivity index (χ2n) is 6.69. The number of nitrogens with zero attached hydrogens (tertiary/aromatic N) is 3. The summed E-state index contributed by atoms with van der Waals surface area (Å²) in [5.41, 5.74) is 1.86. The van der Waals surface area contributed by atoms with E-state index in [4.69, 9.17) is 4.74 Å². The molecule has 0 aromatic carbocycles. The molecular weight excluding hydrogens is 334 g/mol. The lowest BCUT2D eigenvalue weighted by atomic mass is 10.1. The SMILES string of the molecule is CC(C)CN(Cc1ccsc1)C(=O)c1cccnc1N1CCOCC1. The topological polar surface area (TPSA) is 45.7 Å². The molecule has 1 aliphatic rings. The van der Waals surface area contributed by atoms with E-state index in [9.17, 15) is 4.79 Å². The van der Waals surface area contributed by atoms with Crippen LogP contribution in [0.15, 0.2) is 35.2 Å². The summed E-state index contributed by atoms with van der Waals surface area (Å²) in [5, 5.41) is 4.16. The van der Waals surface area contributed by atoms with Gasteiger partial charge in [-0.1, -0.05) is 13.8 Å². The number of amides is 1. The number of carbonyl (C=O) groups is 1. The molecule has 0 radical (unpaired) electrons. The van der Waals surface area contributed by atoms with Gasteiger partial charge in [0.15, 0.2) is 0 Å². The second kappa shape index (κ2) is 8.45. The average molecular weight is 359 g/mol. The Morgan fingerprint density at radius 3 is 2.84 bits per heavy atom. The number of rotatable bonds is 6. The number of carbonyl (C=O) groups excluding carboxylic acids is 1. The first-order valence-corrected chi connectivity index (χ1v) is 9.67. The Labute approximate surface area is 153 Å². The third-order valence-electron chi connectivity index (χ3n) is 4.15. The lowest BCUT2D eigenvalue weighted by molar-refractivity contribution is 0.0722. The summed E-state index contributed by atoms with van der Waals surface area (Å²) in [6, 6.07) is 5.81. The summed E-state index contributed by atoms with van der Waals surface area (Å²) in [6.07, 6.45) is 1.76. The van der Waals surface area contributed by atoms with Gasteiger partial charge in [0.1, 0.15) is 5.82 Å². The third kappa shape index (κ3) is 4.58. The molecule has 0 spiro atoms. The number of hydrogen-bond acceptors (Lipinski definition) is 5. The van der Waals surface area contributed by atoms with E-state index in [0.29, 0.717) is 31.2 Å². The van der Waals surface area contributed by atoms with Crippen LogP contribution in [-0.2, 0) is 11.3 Å². The molecular formula is C19H25N3O2S. The highest BCUT2D eigenvalue weighted by molar-refractivity contribution is 7.07. The van der Waals surface area contributed by atoms with Crippen LogP contribution < -0.4 is 4.90 Å². The molecule has 0 bridgehead atoms. The highest BCUT2D eigenvalue weighted by Gasteiger charge is 2.24. The van der Waals surface area contributed by atoms with Gasteiger partial charge >= 0.3 is 0 Å². The van der Waals surface area contributed by atoms with E-state index in [2.05, 4.69) is 40.6 Å². The molecule has 6 heteroatoms. The van der Waals surface area contributed by atoms with Gasteiger partial charge in [0.2, 0.25) is 0 Å². The van der Waals surface area contributed by atoms with Gasteiger partial charge in [-0.3, -0.25) is 4.79 Å². The lowest BCUT2D eigenvalue weighted by Crippen LogP contribution is -2.39. The van der Waals surface area contributed by atoms with Crippen LogP contribution in [0.25, 0.3) is 0 Å². The van der Waals surface area contributed by atoms with Crippen LogP contribution in [0.1, 0.15) is 29.8 Å². The maximum absolute atomic E-state index is 13.3. The van der Waals surface area contributed by atoms with Crippen molar-refractivity contribution in [2.24, 2.45) is 5.92 Å². The highest BCUT2D eigenvalue weighted by Crippen LogP contribution is 2.22. The van der Waals surface area contributed by atoms with Gasteiger partial charge in [-0.05, 0) is 40.4 Å². The molecule has 3 heterocycles. The van der Waals surface area contributed by atoms with Crippen LogP contribution in [0, 0.1) is 5.92 Å². The van der Waals surface area contributed by atoms with Crippen molar-refractivity contribution in [2.75, 3.05) is 37.7 Å². The van der Waals surface area contributed by atoms with Crippen molar-refractivity contribution in [3.05, 3.63) is 46.3 Å². The first-order chi connectivity index (χ1) is 12.1. The van der Waals surface area contributed by atoms with Crippen molar-refractivity contribution >= 4 is 23.1 Å². The van der Waals surface area contributed by atoms with Crippen molar-refractivity contribution in [1.82, 2.24) is 9.88 Å². The van der Waals surface area contributed by atoms with E-state index >= 15 is 0 Å². The molecule has 1 saturated heterocycles. The fourth-order valence-electron chi connectivity index (χ4n) is 3.02. The number of morpholine rings is 1. The van der Waals surface area contributed by atoms with E-state index < -0.39 is 0 Å². The lowest BCUT2D eigenvalue weighted by Gasteiger charge is -2.31. The van der Waals surface area contributed by atoms with Crippen molar-refractivity contribution in [3.8, 4) is 0 Å². The molecule has 0 aliphatic carbocycles. The minimum Gasteiger partial charge on any atom is -0.378 e. The molecule has 5 nitrogen and oxygen atoms in total. The van der Waals surface area contributed by atoms with E-state index in [1.165, 1.54) is 5.56 Å². The van der Waals surface area contributed by atoms with Crippen molar-refractivity contribution in [1.29, 1.82) is 0 Å². The zero-order valence-electron chi connectivity index (χ0n) is 14.9. The van der Waals surface area contributed by atoms with Gasteiger partial charge in [0.05, 0.1) is 18.8 Å². The molecule has 2 aromatic heterocycles. The number of thiophene rings is 1. The van der Waals surface area contributed by atoms with Crippen molar-refractivity contribution in [3.63, 3.8) is 0 Å². The summed E-state index contributed by atoms with van der Waals surface area (Å²) in [4.78, 5) is 21.9. The summed E-state index contributed by atoms with van der Waals surface area (Å²) in [7, 11) is 0. The smallest absolute Gasteiger partial charge is 0.257 e. The predicted molar refractivity (Wildman–Crippen MR) is 101 cm³/mol. The summed E-state index contributed by atoms with van der Waals surface area (Å²) < 4.78 is 5.43. The van der Waals surface area contributed by atoms with E-state index in [0.717, 1.165) is 25.5 Å². The van der Waals surface area contributed by atoms with E-state index in [1.807, 2.05) is 17.0 Å². The Balaban J connectivity index is 1.85. The van der Waals surface area contributed by atoms with Gasteiger partial charge < -0.3 is 14.5 Å². The molecule has 2 aromatic rings. The normalized spacial score (nSPS) is 14.8. The quantitative estimate of drug-likeness (QED) is 0.794. The molecule has 134 valence electrons. The number of aromatic nitrogens is 1. The third-order valence-corrected chi connectivity index (χ3v) is 4.89. The van der Waals surface area contributed by atoms with Gasteiger partial charge in [-0.2, -0.15) is 11.3 Å². The highest BCUT2D eigenvalue weighted by atomic mass is 32.1. The second-order valence-corrected chi connectivity index (χ2v) is 7.47. The minimum atomic E-state index is 0.0505. The largest absolute Gasteiger partial charge is 0.378 e. The van der Waals surface area contributed by atoms with Gasteiger partial charge in [-0.15, -0.1) is 0 Å². The molecule has 0 N–H and O–H groups in total. The molecule has 0 saturated carbocycles. The van der Waals surface area contributed by atoms with Gasteiger partial charge in [0, 0.05) is 32.4 Å². The Morgan fingerprint density at radius 2 is 2.16 bits per heavy atom. The molecule has 0 unspecified atom stereocenters. The summed E-state index contributed by atoms with van der Waals surface area (Å²) in [5.74, 6) is 1.23. The molecule has 3 rings (SSSR count). The number of hydrogen-bond donors (Lipinski definition) is 0. The first-order valence-electron chi connectivity index (χ1n) is 8.73. The van der Waals surface area contributed by atoms with Crippen LogP contribution in [0.3, 0.4) is 0 Å². The van der Waals surface area contributed by atoms with E-state index in [-0.39, 0.29) is 5.91 Å².